The van der Waals surface area contributed by atoms with Gasteiger partial charge in [0.15, 0.2) is 0 Å². The molecule has 1 N–H and O–H groups in total. The van der Waals surface area contributed by atoms with E-state index in [1.165, 1.54) is 40.8 Å². The Morgan fingerprint density at radius 2 is 2.05 bits per heavy atom. The molecular weight excluding hydrogens is 258 g/mol. The average molecular weight is 281 g/mol. The zero-order chi connectivity index (χ0) is 14.8. The summed E-state index contributed by atoms with van der Waals surface area (Å²) in [6.45, 7) is 4.37. The molecule has 110 valence electrons. The van der Waals surface area contributed by atoms with Crippen molar-refractivity contribution in [1.82, 2.24) is 0 Å². The van der Waals surface area contributed by atoms with Gasteiger partial charge in [0.1, 0.15) is 5.75 Å². The standard InChI is InChI=1S/C19H23NO/c1-13-4-9-19(21-3)17(10-13)12-15-6-8-18-16(11-15)7-5-14(2)20-18/h4,6,8-11,14,20H,5,7,12H2,1-3H3. The average Bonchev–Trinajstić information content (AvgIpc) is 2.48. The molecule has 1 atom stereocenters. The molecule has 0 fully saturated rings. The summed E-state index contributed by atoms with van der Waals surface area (Å²) in [4.78, 5) is 0. The summed E-state index contributed by atoms with van der Waals surface area (Å²) in [6.07, 6.45) is 3.31. The zero-order valence-electron chi connectivity index (χ0n) is 13.1. The van der Waals surface area contributed by atoms with E-state index >= 15 is 0 Å². The second kappa shape index (κ2) is 5.80. The predicted octanol–water partition coefficient (Wildman–Crippen LogP) is 4.34. The summed E-state index contributed by atoms with van der Waals surface area (Å²) < 4.78 is 5.49. The Labute approximate surface area is 127 Å². The normalized spacial score (nSPS) is 17.0. The molecule has 2 aromatic carbocycles. The lowest BCUT2D eigenvalue weighted by Crippen LogP contribution is -2.21. The molecule has 0 spiro atoms. The molecule has 0 amide bonds. The summed E-state index contributed by atoms with van der Waals surface area (Å²) >= 11 is 0. The van der Waals surface area contributed by atoms with Crippen molar-refractivity contribution in [2.45, 2.75) is 39.2 Å². The number of anilines is 1. The maximum Gasteiger partial charge on any atom is 0.122 e. The molecule has 2 heteroatoms. The van der Waals surface area contributed by atoms with Crippen molar-refractivity contribution in [3.8, 4) is 5.75 Å². The Kier molecular flexibility index (Phi) is 3.87. The van der Waals surface area contributed by atoms with Crippen LogP contribution < -0.4 is 10.1 Å². The van der Waals surface area contributed by atoms with Crippen molar-refractivity contribution in [2.75, 3.05) is 12.4 Å². The van der Waals surface area contributed by atoms with Crippen LogP contribution in [0.25, 0.3) is 0 Å². The van der Waals surface area contributed by atoms with Gasteiger partial charge in [0.25, 0.3) is 0 Å². The van der Waals surface area contributed by atoms with E-state index in [2.05, 4.69) is 55.6 Å². The molecule has 1 aliphatic heterocycles. The highest BCUT2D eigenvalue weighted by Gasteiger charge is 2.14. The second-order valence-corrected chi connectivity index (χ2v) is 6.07. The minimum atomic E-state index is 0.584. The van der Waals surface area contributed by atoms with Gasteiger partial charge in [-0.3, -0.25) is 0 Å². The van der Waals surface area contributed by atoms with E-state index in [4.69, 9.17) is 4.74 Å². The Hall–Kier alpha value is -1.96. The van der Waals surface area contributed by atoms with Crippen LogP contribution in [0.1, 0.15) is 35.6 Å². The van der Waals surface area contributed by atoms with E-state index in [1.807, 2.05) is 0 Å². The van der Waals surface area contributed by atoms with Gasteiger partial charge in [-0.15, -0.1) is 0 Å². The van der Waals surface area contributed by atoms with Crippen LogP contribution in [-0.2, 0) is 12.8 Å². The first-order chi connectivity index (χ1) is 10.2. The van der Waals surface area contributed by atoms with Gasteiger partial charge in [-0.1, -0.05) is 29.8 Å². The van der Waals surface area contributed by atoms with E-state index < -0.39 is 0 Å². The minimum absolute atomic E-state index is 0.584. The Balaban J connectivity index is 1.87. The molecule has 0 saturated heterocycles. The third-order valence-corrected chi connectivity index (χ3v) is 4.25. The molecule has 21 heavy (non-hydrogen) atoms. The number of hydrogen-bond donors (Lipinski definition) is 1. The number of aryl methyl sites for hydroxylation is 2. The van der Waals surface area contributed by atoms with Crippen molar-refractivity contribution in [3.05, 3.63) is 58.7 Å². The maximum absolute atomic E-state index is 5.49. The monoisotopic (exact) mass is 281 g/mol. The molecule has 0 bridgehead atoms. The first-order valence-electron chi connectivity index (χ1n) is 7.67. The zero-order valence-corrected chi connectivity index (χ0v) is 13.1. The fourth-order valence-electron chi connectivity index (χ4n) is 3.08. The van der Waals surface area contributed by atoms with E-state index in [0.29, 0.717) is 6.04 Å². The fourth-order valence-corrected chi connectivity index (χ4v) is 3.08. The Bertz CT molecular complexity index is 648. The highest BCUT2D eigenvalue weighted by molar-refractivity contribution is 5.56. The van der Waals surface area contributed by atoms with Gasteiger partial charge in [-0.2, -0.15) is 0 Å². The Morgan fingerprint density at radius 3 is 2.86 bits per heavy atom. The van der Waals surface area contributed by atoms with Crippen LogP contribution in [0, 0.1) is 6.92 Å². The summed E-state index contributed by atoms with van der Waals surface area (Å²) in [5.74, 6) is 0.977. The van der Waals surface area contributed by atoms with Gasteiger partial charge in [-0.25, -0.2) is 0 Å². The summed E-state index contributed by atoms with van der Waals surface area (Å²) in [5.41, 5.74) is 6.63. The largest absolute Gasteiger partial charge is 0.496 e. The Morgan fingerprint density at radius 1 is 1.19 bits per heavy atom. The molecule has 0 radical (unpaired) electrons. The third kappa shape index (κ3) is 3.05. The summed E-state index contributed by atoms with van der Waals surface area (Å²) in [7, 11) is 1.74. The van der Waals surface area contributed by atoms with Crippen LogP contribution in [0.5, 0.6) is 5.75 Å². The quantitative estimate of drug-likeness (QED) is 0.903. The number of benzene rings is 2. The van der Waals surface area contributed by atoms with Crippen molar-refractivity contribution >= 4 is 5.69 Å². The van der Waals surface area contributed by atoms with Gasteiger partial charge in [-0.05, 0) is 55.5 Å². The first kappa shape index (κ1) is 14.0. The van der Waals surface area contributed by atoms with Gasteiger partial charge in [0, 0.05) is 18.2 Å². The number of hydrogen-bond acceptors (Lipinski definition) is 2. The number of ether oxygens (including phenoxy) is 1. The maximum atomic E-state index is 5.49. The lowest BCUT2D eigenvalue weighted by molar-refractivity contribution is 0.410. The molecule has 0 aliphatic carbocycles. The van der Waals surface area contributed by atoms with Crippen molar-refractivity contribution in [2.24, 2.45) is 0 Å². The van der Waals surface area contributed by atoms with Crippen molar-refractivity contribution in [3.63, 3.8) is 0 Å². The van der Waals surface area contributed by atoms with E-state index in [9.17, 15) is 0 Å². The van der Waals surface area contributed by atoms with E-state index in [1.54, 1.807) is 7.11 Å². The SMILES string of the molecule is COc1ccc(C)cc1Cc1ccc2c(c1)CCC(C)N2. The van der Waals surface area contributed by atoms with Crippen LogP contribution in [0.4, 0.5) is 5.69 Å². The minimum Gasteiger partial charge on any atom is -0.496 e. The first-order valence-corrected chi connectivity index (χ1v) is 7.67. The fraction of sp³-hybridized carbons (Fsp3) is 0.368. The number of nitrogens with one attached hydrogen (secondary N) is 1. The molecule has 1 unspecified atom stereocenters. The molecule has 1 heterocycles. The molecule has 3 rings (SSSR count). The van der Waals surface area contributed by atoms with Crippen LogP contribution in [0.15, 0.2) is 36.4 Å². The van der Waals surface area contributed by atoms with Crippen molar-refractivity contribution < 1.29 is 4.74 Å². The molecule has 2 nitrogen and oxygen atoms in total. The second-order valence-electron chi connectivity index (χ2n) is 6.07. The van der Waals surface area contributed by atoms with Gasteiger partial charge in [0.2, 0.25) is 0 Å². The van der Waals surface area contributed by atoms with Crippen LogP contribution in [0.2, 0.25) is 0 Å². The van der Waals surface area contributed by atoms with Crippen LogP contribution in [0.3, 0.4) is 0 Å². The highest BCUT2D eigenvalue weighted by atomic mass is 16.5. The topological polar surface area (TPSA) is 21.3 Å². The molecule has 0 aromatic heterocycles. The van der Waals surface area contributed by atoms with Crippen molar-refractivity contribution in [1.29, 1.82) is 0 Å². The van der Waals surface area contributed by atoms with Gasteiger partial charge < -0.3 is 10.1 Å². The van der Waals surface area contributed by atoms with E-state index in [0.717, 1.165) is 12.2 Å². The molecule has 0 saturated carbocycles. The number of fused-ring (bicyclic) bond motifs is 1. The predicted molar refractivity (Wildman–Crippen MR) is 88.4 cm³/mol. The van der Waals surface area contributed by atoms with E-state index in [-0.39, 0.29) is 0 Å². The lowest BCUT2D eigenvalue weighted by atomic mass is 9.94. The number of methoxy groups -OCH3 is 1. The molecular formula is C19H23NO. The van der Waals surface area contributed by atoms with Crippen LogP contribution in [-0.4, -0.2) is 13.2 Å². The molecule has 2 aromatic rings. The summed E-state index contributed by atoms with van der Waals surface area (Å²) in [5, 5.41) is 3.56. The van der Waals surface area contributed by atoms with Gasteiger partial charge in [0.05, 0.1) is 7.11 Å². The highest BCUT2D eigenvalue weighted by Crippen LogP contribution is 2.28. The van der Waals surface area contributed by atoms with Crippen LogP contribution >= 0.6 is 0 Å². The lowest BCUT2D eigenvalue weighted by Gasteiger charge is -2.24. The third-order valence-electron chi connectivity index (χ3n) is 4.25. The smallest absolute Gasteiger partial charge is 0.122 e. The number of rotatable bonds is 3. The summed E-state index contributed by atoms with van der Waals surface area (Å²) in [6, 6.07) is 13.8. The molecule has 1 aliphatic rings. The van der Waals surface area contributed by atoms with Gasteiger partial charge >= 0.3 is 0 Å².